The monoisotopic (exact) mass is 355 g/mol. The SMILES string of the molecule is O=C(CCn1c(=S)[nH]c2ccccc2c1=O)NC1C2C3CCC(C3)C12. The van der Waals surface area contributed by atoms with E-state index in [1.165, 1.54) is 23.8 Å². The maximum Gasteiger partial charge on any atom is 0.262 e. The number of fused-ring (bicyclic) bond motifs is 6. The van der Waals surface area contributed by atoms with Crippen LogP contribution in [-0.2, 0) is 11.3 Å². The average molecular weight is 355 g/mol. The second kappa shape index (κ2) is 5.53. The Labute approximate surface area is 150 Å². The van der Waals surface area contributed by atoms with Crippen LogP contribution in [0, 0.1) is 28.4 Å². The van der Waals surface area contributed by atoms with Gasteiger partial charge in [0.15, 0.2) is 4.77 Å². The maximum atomic E-state index is 12.6. The van der Waals surface area contributed by atoms with Gasteiger partial charge in [-0.15, -0.1) is 0 Å². The first-order valence-corrected chi connectivity index (χ1v) is 9.55. The lowest BCUT2D eigenvalue weighted by molar-refractivity contribution is -0.121. The van der Waals surface area contributed by atoms with E-state index in [9.17, 15) is 9.59 Å². The highest BCUT2D eigenvalue weighted by Crippen LogP contribution is 2.65. The summed E-state index contributed by atoms with van der Waals surface area (Å²) in [7, 11) is 0. The van der Waals surface area contributed by atoms with Gasteiger partial charge >= 0.3 is 0 Å². The molecule has 0 aliphatic heterocycles. The highest BCUT2D eigenvalue weighted by molar-refractivity contribution is 7.71. The van der Waals surface area contributed by atoms with Crippen LogP contribution in [0.1, 0.15) is 25.7 Å². The van der Waals surface area contributed by atoms with Gasteiger partial charge in [0.25, 0.3) is 5.56 Å². The summed E-state index contributed by atoms with van der Waals surface area (Å²) in [6, 6.07) is 7.70. The van der Waals surface area contributed by atoms with E-state index in [2.05, 4.69) is 10.3 Å². The third-order valence-corrected chi connectivity index (χ3v) is 6.84. The quantitative estimate of drug-likeness (QED) is 0.829. The Morgan fingerprint density at radius 2 is 1.96 bits per heavy atom. The molecule has 5 nitrogen and oxygen atoms in total. The fourth-order valence-corrected chi connectivity index (χ4v) is 5.68. The average Bonchev–Trinajstić information content (AvgIpc) is 2.98. The molecule has 6 heteroatoms. The molecule has 1 amide bonds. The molecule has 2 aromatic rings. The number of nitrogens with zero attached hydrogens (tertiary/aromatic N) is 1. The molecule has 3 aliphatic rings. The lowest BCUT2D eigenvalue weighted by Gasteiger charge is -2.11. The van der Waals surface area contributed by atoms with Crippen LogP contribution in [0.2, 0.25) is 0 Å². The number of amides is 1. The predicted octanol–water partition coefficient (Wildman–Crippen LogP) is 2.61. The molecule has 0 saturated heterocycles. The molecule has 3 saturated carbocycles. The van der Waals surface area contributed by atoms with Gasteiger partial charge in [-0.25, -0.2) is 0 Å². The van der Waals surface area contributed by atoms with Gasteiger partial charge in [-0.3, -0.25) is 14.2 Å². The highest BCUT2D eigenvalue weighted by atomic mass is 32.1. The Hall–Kier alpha value is -1.95. The first kappa shape index (κ1) is 15.3. The number of aromatic amines is 1. The number of rotatable bonds is 4. The van der Waals surface area contributed by atoms with Crippen molar-refractivity contribution in [1.82, 2.24) is 14.9 Å². The number of aromatic nitrogens is 2. The second-order valence-electron chi connectivity index (χ2n) is 7.76. The van der Waals surface area contributed by atoms with Crippen LogP contribution in [0.5, 0.6) is 0 Å². The van der Waals surface area contributed by atoms with E-state index in [-0.39, 0.29) is 11.5 Å². The van der Waals surface area contributed by atoms with Crippen LogP contribution in [0.15, 0.2) is 29.1 Å². The molecular formula is C19H21N3O2S. The van der Waals surface area contributed by atoms with Crippen LogP contribution < -0.4 is 10.9 Å². The minimum absolute atomic E-state index is 0.0354. The molecule has 25 heavy (non-hydrogen) atoms. The van der Waals surface area contributed by atoms with E-state index in [1.807, 2.05) is 18.2 Å². The number of carbonyl (C=O) groups excluding carboxylic acids is 1. The Kier molecular flexibility index (Phi) is 3.39. The maximum absolute atomic E-state index is 12.6. The number of hydrogen-bond acceptors (Lipinski definition) is 3. The van der Waals surface area contributed by atoms with Crippen molar-refractivity contribution >= 4 is 29.0 Å². The molecule has 130 valence electrons. The molecule has 1 heterocycles. The summed E-state index contributed by atoms with van der Waals surface area (Å²) in [6.07, 6.45) is 4.37. The summed E-state index contributed by atoms with van der Waals surface area (Å²) in [4.78, 5) is 28.0. The van der Waals surface area contributed by atoms with Crippen molar-refractivity contribution in [3.05, 3.63) is 39.4 Å². The van der Waals surface area contributed by atoms with Gasteiger partial charge in [-0.1, -0.05) is 12.1 Å². The van der Waals surface area contributed by atoms with Crippen molar-refractivity contribution in [1.29, 1.82) is 0 Å². The summed E-state index contributed by atoms with van der Waals surface area (Å²) in [5.41, 5.74) is 0.605. The molecule has 2 N–H and O–H groups in total. The summed E-state index contributed by atoms with van der Waals surface area (Å²) in [5, 5.41) is 3.81. The van der Waals surface area contributed by atoms with Crippen molar-refractivity contribution in [3.8, 4) is 0 Å². The molecule has 2 bridgehead atoms. The van der Waals surface area contributed by atoms with Crippen molar-refractivity contribution < 1.29 is 4.79 Å². The van der Waals surface area contributed by atoms with E-state index < -0.39 is 0 Å². The Balaban J connectivity index is 1.27. The third-order valence-electron chi connectivity index (χ3n) is 6.51. The molecule has 0 spiro atoms. The molecule has 0 radical (unpaired) electrons. The fraction of sp³-hybridized carbons (Fsp3) is 0.526. The number of nitrogens with one attached hydrogen (secondary N) is 2. The normalized spacial score (nSPS) is 31.9. The third kappa shape index (κ3) is 2.38. The number of carbonyl (C=O) groups is 1. The zero-order chi connectivity index (χ0) is 17.1. The smallest absolute Gasteiger partial charge is 0.262 e. The Morgan fingerprint density at radius 3 is 2.72 bits per heavy atom. The topological polar surface area (TPSA) is 66.9 Å². The first-order valence-electron chi connectivity index (χ1n) is 9.15. The molecule has 4 unspecified atom stereocenters. The second-order valence-corrected chi connectivity index (χ2v) is 8.15. The van der Waals surface area contributed by atoms with Crippen LogP contribution in [0.4, 0.5) is 0 Å². The van der Waals surface area contributed by atoms with Gasteiger partial charge in [-0.05, 0) is 67.3 Å². The van der Waals surface area contributed by atoms with Crippen molar-refractivity contribution in [2.24, 2.45) is 23.7 Å². The molecule has 3 fully saturated rings. The number of benzene rings is 1. The number of H-pyrrole nitrogens is 1. The van der Waals surface area contributed by atoms with Crippen LogP contribution in [0.3, 0.4) is 0 Å². The van der Waals surface area contributed by atoms with Crippen molar-refractivity contribution in [3.63, 3.8) is 0 Å². The number of hydrogen-bond donors (Lipinski definition) is 2. The highest BCUT2D eigenvalue weighted by Gasteiger charge is 2.65. The predicted molar refractivity (Wildman–Crippen MR) is 97.8 cm³/mol. The standard InChI is InChI=1S/C19H21N3O2S/c23-14(21-17-15-10-5-6-11(9-10)16(15)17)7-8-22-18(24)12-3-1-2-4-13(12)20-19(22)25/h1-4,10-11,15-17H,5-9H2,(H,20,25)(H,21,23). The molecule has 1 aromatic carbocycles. The minimum Gasteiger partial charge on any atom is -0.353 e. The molecule has 1 aromatic heterocycles. The molecular weight excluding hydrogens is 334 g/mol. The first-order chi connectivity index (χ1) is 12.1. The van der Waals surface area contributed by atoms with E-state index in [0.29, 0.717) is 29.2 Å². The van der Waals surface area contributed by atoms with Gasteiger partial charge in [0.1, 0.15) is 0 Å². The summed E-state index contributed by atoms with van der Waals surface area (Å²) >= 11 is 5.30. The fourth-order valence-electron chi connectivity index (χ4n) is 5.39. The van der Waals surface area contributed by atoms with E-state index in [1.54, 1.807) is 6.07 Å². The zero-order valence-electron chi connectivity index (χ0n) is 13.9. The van der Waals surface area contributed by atoms with E-state index in [0.717, 1.165) is 29.2 Å². The largest absolute Gasteiger partial charge is 0.353 e. The molecule has 5 rings (SSSR count). The minimum atomic E-state index is -0.131. The van der Waals surface area contributed by atoms with Gasteiger partial charge < -0.3 is 10.3 Å². The molecule has 4 atom stereocenters. The lowest BCUT2D eigenvalue weighted by Crippen LogP contribution is -2.32. The van der Waals surface area contributed by atoms with Gasteiger partial charge in [-0.2, -0.15) is 0 Å². The summed E-state index contributed by atoms with van der Waals surface area (Å²) in [6.45, 7) is 0.319. The van der Waals surface area contributed by atoms with E-state index >= 15 is 0 Å². The zero-order valence-corrected chi connectivity index (χ0v) is 14.7. The van der Waals surface area contributed by atoms with E-state index in [4.69, 9.17) is 12.2 Å². The Bertz CT molecular complexity index is 963. The van der Waals surface area contributed by atoms with Gasteiger partial charge in [0, 0.05) is 19.0 Å². The molecule has 3 aliphatic carbocycles. The van der Waals surface area contributed by atoms with Crippen LogP contribution in [0.25, 0.3) is 10.9 Å². The van der Waals surface area contributed by atoms with Crippen molar-refractivity contribution in [2.45, 2.75) is 38.3 Å². The van der Waals surface area contributed by atoms with Crippen LogP contribution in [-0.4, -0.2) is 21.5 Å². The van der Waals surface area contributed by atoms with Crippen LogP contribution >= 0.6 is 12.2 Å². The summed E-state index contributed by atoms with van der Waals surface area (Å²) < 4.78 is 1.87. The summed E-state index contributed by atoms with van der Waals surface area (Å²) in [5.74, 6) is 3.19. The lowest BCUT2D eigenvalue weighted by atomic mass is 10.0. The van der Waals surface area contributed by atoms with Crippen molar-refractivity contribution in [2.75, 3.05) is 0 Å². The number of para-hydroxylation sites is 1. The van der Waals surface area contributed by atoms with Gasteiger partial charge in [0.2, 0.25) is 5.91 Å². The Morgan fingerprint density at radius 1 is 1.24 bits per heavy atom. The van der Waals surface area contributed by atoms with Gasteiger partial charge in [0.05, 0.1) is 10.9 Å².